The number of aryl methyl sites for hydroxylation is 1. The van der Waals surface area contributed by atoms with Crippen LogP contribution in [0.5, 0.6) is 5.75 Å². The van der Waals surface area contributed by atoms with E-state index in [0.717, 1.165) is 0 Å². The lowest BCUT2D eigenvalue weighted by Gasteiger charge is -2.09. The second kappa shape index (κ2) is 7.25. The minimum absolute atomic E-state index is 0.0294. The number of oxazole rings is 1. The summed E-state index contributed by atoms with van der Waals surface area (Å²) in [6.45, 7) is 1.73. The van der Waals surface area contributed by atoms with E-state index in [4.69, 9.17) is 20.4 Å². The number of anilines is 1. The van der Waals surface area contributed by atoms with Crippen molar-refractivity contribution in [1.29, 1.82) is 0 Å². The van der Waals surface area contributed by atoms with Gasteiger partial charge in [0.25, 0.3) is 0 Å². The first-order valence-electron chi connectivity index (χ1n) is 8.42. The summed E-state index contributed by atoms with van der Waals surface area (Å²) in [5.74, 6) is 0.501. The first-order chi connectivity index (χ1) is 13.5. The molecule has 0 bridgehead atoms. The predicted molar refractivity (Wildman–Crippen MR) is 107 cm³/mol. The Kier molecular flexibility index (Phi) is 4.63. The van der Waals surface area contributed by atoms with E-state index in [1.807, 2.05) is 0 Å². The molecule has 2 aromatic carbocycles. The van der Waals surface area contributed by atoms with Crippen LogP contribution in [0.4, 0.5) is 5.69 Å². The summed E-state index contributed by atoms with van der Waals surface area (Å²) in [5.41, 5.74) is 2.57. The molecule has 0 aliphatic carbocycles. The number of phenols is 1. The molecule has 0 saturated carbocycles. The number of phenolic OH excluding ortho intramolecular Hbond substituents is 1. The molecule has 0 saturated heterocycles. The molecular weight excluding hydrogens is 380 g/mol. The Bertz CT molecular complexity index is 1190. The van der Waals surface area contributed by atoms with E-state index in [0.29, 0.717) is 38.7 Å². The molecule has 0 unspecified atom stereocenters. The minimum atomic E-state index is -0.336. The summed E-state index contributed by atoms with van der Waals surface area (Å²) in [4.78, 5) is 16.6. The van der Waals surface area contributed by atoms with Crippen LogP contribution in [-0.4, -0.2) is 16.0 Å². The topological polar surface area (TPSA) is 88.5 Å². The number of carbonyl (C=O) groups is 1. The van der Waals surface area contributed by atoms with E-state index >= 15 is 0 Å². The van der Waals surface area contributed by atoms with E-state index in [-0.39, 0.29) is 17.5 Å². The van der Waals surface area contributed by atoms with Crippen LogP contribution in [0.15, 0.2) is 63.6 Å². The number of benzene rings is 2. The second-order valence-electron chi connectivity index (χ2n) is 6.16. The molecule has 28 heavy (non-hydrogen) atoms. The summed E-state index contributed by atoms with van der Waals surface area (Å²) in [5, 5.41) is 13.7. The Morgan fingerprint density at radius 3 is 2.89 bits per heavy atom. The van der Waals surface area contributed by atoms with Gasteiger partial charge in [-0.05, 0) is 61.0 Å². The molecule has 0 spiro atoms. The van der Waals surface area contributed by atoms with Crippen molar-refractivity contribution in [1.82, 2.24) is 4.98 Å². The van der Waals surface area contributed by atoms with Crippen LogP contribution in [0.1, 0.15) is 11.3 Å². The number of halogens is 1. The molecule has 4 rings (SSSR count). The lowest BCUT2D eigenvalue weighted by atomic mass is 10.1. The number of aromatic nitrogens is 1. The molecule has 2 aromatic heterocycles. The van der Waals surface area contributed by atoms with Crippen molar-refractivity contribution in [2.24, 2.45) is 0 Å². The quantitative estimate of drug-likeness (QED) is 0.357. The van der Waals surface area contributed by atoms with Crippen LogP contribution in [0, 0.1) is 6.92 Å². The largest absolute Gasteiger partial charge is 0.507 e. The molecule has 140 valence electrons. The number of furan rings is 1. The van der Waals surface area contributed by atoms with Crippen LogP contribution < -0.4 is 5.32 Å². The second-order valence-corrected chi connectivity index (χ2v) is 6.59. The fourth-order valence-corrected chi connectivity index (χ4v) is 2.92. The number of hydrogen-bond donors (Lipinski definition) is 2. The van der Waals surface area contributed by atoms with Gasteiger partial charge in [0.1, 0.15) is 17.0 Å². The number of carbonyl (C=O) groups excluding carboxylic acids is 1. The third-order valence-electron chi connectivity index (χ3n) is 4.09. The highest BCUT2D eigenvalue weighted by Crippen LogP contribution is 2.36. The first kappa shape index (κ1) is 17.9. The van der Waals surface area contributed by atoms with E-state index in [1.165, 1.54) is 12.3 Å². The summed E-state index contributed by atoms with van der Waals surface area (Å²) in [6.07, 6.45) is 4.46. The molecule has 7 heteroatoms. The van der Waals surface area contributed by atoms with E-state index in [9.17, 15) is 9.90 Å². The van der Waals surface area contributed by atoms with Gasteiger partial charge in [-0.15, -0.1) is 0 Å². The number of aromatic hydroxyl groups is 1. The molecule has 0 aliphatic heterocycles. The Balaban J connectivity index is 1.64. The summed E-state index contributed by atoms with van der Waals surface area (Å²) in [6, 6.07) is 11.8. The molecule has 0 aliphatic rings. The zero-order valence-electron chi connectivity index (χ0n) is 14.8. The van der Waals surface area contributed by atoms with Gasteiger partial charge in [0, 0.05) is 16.8 Å². The Labute approximate surface area is 165 Å². The standard InChI is InChI=1S/C21H15ClN2O4/c1-12-9-14(23-19(25)7-5-15-3-2-8-27-15)11-16(20(12)26)21-24-17-10-13(22)4-6-18(17)28-21/h2-11,26H,1H3,(H,23,25)/b7-5+. The van der Waals surface area contributed by atoms with Crippen molar-refractivity contribution in [2.75, 3.05) is 5.32 Å². The van der Waals surface area contributed by atoms with Gasteiger partial charge in [0.05, 0.1) is 11.8 Å². The Morgan fingerprint density at radius 1 is 1.25 bits per heavy atom. The number of hydrogen-bond acceptors (Lipinski definition) is 5. The molecule has 2 heterocycles. The van der Waals surface area contributed by atoms with Crippen LogP contribution in [-0.2, 0) is 4.79 Å². The van der Waals surface area contributed by atoms with Crippen LogP contribution in [0.3, 0.4) is 0 Å². The highest BCUT2D eigenvalue weighted by Gasteiger charge is 2.16. The molecule has 0 fully saturated rings. The maximum Gasteiger partial charge on any atom is 0.248 e. The van der Waals surface area contributed by atoms with Gasteiger partial charge >= 0.3 is 0 Å². The summed E-state index contributed by atoms with van der Waals surface area (Å²) in [7, 11) is 0. The minimum Gasteiger partial charge on any atom is -0.507 e. The van der Waals surface area contributed by atoms with Crippen molar-refractivity contribution in [3.8, 4) is 17.2 Å². The number of nitrogens with zero attached hydrogens (tertiary/aromatic N) is 1. The predicted octanol–water partition coefficient (Wildman–Crippen LogP) is 5.41. The van der Waals surface area contributed by atoms with Gasteiger partial charge < -0.3 is 19.3 Å². The number of rotatable bonds is 4. The smallest absolute Gasteiger partial charge is 0.248 e. The van der Waals surface area contributed by atoms with E-state index < -0.39 is 0 Å². The lowest BCUT2D eigenvalue weighted by molar-refractivity contribution is -0.111. The zero-order chi connectivity index (χ0) is 19.7. The lowest BCUT2D eigenvalue weighted by Crippen LogP contribution is -2.08. The normalized spacial score (nSPS) is 11.4. The highest BCUT2D eigenvalue weighted by atomic mass is 35.5. The van der Waals surface area contributed by atoms with Crippen LogP contribution in [0.25, 0.3) is 28.6 Å². The molecule has 0 radical (unpaired) electrons. The average molecular weight is 395 g/mol. The maximum absolute atomic E-state index is 12.2. The third-order valence-corrected chi connectivity index (χ3v) is 4.33. The van der Waals surface area contributed by atoms with Gasteiger partial charge in [-0.3, -0.25) is 4.79 Å². The fourth-order valence-electron chi connectivity index (χ4n) is 2.76. The van der Waals surface area contributed by atoms with Crippen LogP contribution >= 0.6 is 11.6 Å². The molecule has 4 aromatic rings. The van der Waals surface area contributed by atoms with Crippen molar-refractivity contribution in [3.63, 3.8) is 0 Å². The van der Waals surface area contributed by atoms with Crippen LogP contribution in [0.2, 0.25) is 5.02 Å². The van der Waals surface area contributed by atoms with Gasteiger partial charge in [0.15, 0.2) is 5.58 Å². The van der Waals surface area contributed by atoms with Crippen molar-refractivity contribution in [3.05, 3.63) is 71.2 Å². The van der Waals surface area contributed by atoms with Crippen molar-refractivity contribution < 1.29 is 18.7 Å². The Morgan fingerprint density at radius 2 is 2.11 bits per heavy atom. The molecule has 1 amide bonds. The third kappa shape index (κ3) is 3.63. The monoisotopic (exact) mass is 394 g/mol. The number of nitrogens with one attached hydrogen (secondary N) is 1. The highest BCUT2D eigenvalue weighted by molar-refractivity contribution is 6.31. The average Bonchev–Trinajstić information content (AvgIpc) is 3.32. The summed E-state index contributed by atoms with van der Waals surface area (Å²) < 4.78 is 10.9. The van der Waals surface area contributed by atoms with E-state index in [1.54, 1.807) is 55.5 Å². The van der Waals surface area contributed by atoms with Gasteiger partial charge in [-0.25, -0.2) is 4.98 Å². The SMILES string of the molecule is Cc1cc(NC(=O)/C=C/c2ccco2)cc(-c2nc3cc(Cl)ccc3o2)c1O. The number of fused-ring (bicyclic) bond motifs is 1. The van der Waals surface area contributed by atoms with Gasteiger partial charge in [0.2, 0.25) is 11.8 Å². The molecule has 6 nitrogen and oxygen atoms in total. The zero-order valence-corrected chi connectivity index (χ0v) is 15.5. The maximum atomic E-state index is 12.2. The van der Waals surface area contributed by atoms with Gasteiger partial charge in [-0.2, -0.15) is 0 Å². The Hall–Kier alpha value is -3.51. The van der Waals surface area contributed by atoms with E-state index in [2.05, 4.69) is 10.3 Å². The van der Waals surface area contributed by atoms with Crippen molar-refractivity contribution >= 4 is 40.4 Å². The summed E-state index contributed by atoms with van der Waals surface area (Å²) >= 11 is 5.99. The molecular formula is C21H15ClN2O4. The molecule has 0 atom stereocenters. The first-order valence-corrected chi connectivity index (χ1v) is 8.80. The molecule has 2 N–H and O–H groups in total. The van der Waals surface area contributed by atoms with Crippen molar-refractivity contribution in [2.45, 2.75) is 6.92 Å². The fraction of sp³-hybridized carbons (Fsp3) is 0.0476. The number of amides is 1. The van der Waals surface area contributed by atoms with Gasteiger partial charge in [-0.1, -0.05) is 11.6 Å².